The van der Waals surface area contributed by atoms with Crippen LogP contribution in [-0.2, 0) is 4.79 Å². The van der Waals surface area contributed by atoms with Gasteiger partial charge in [0.1, 0.15) is 30.1 Å². The molecule has 1 amide bonds. The van der Waals surface area contributed by atoms with Crippen LogP contribution >= 0.6 is 11.6 Å². The SMILES string of the molecule is CNc1cc(C(=O)N2CC(COc3ccc(Cl)cc3C(/C=C\C(C)F)=C/N)C2)c(F)cc1OCC=O. The fraction of sp³-hybridized carbons (Fsp3) is 0.308. The number of hydrogen-bond donors (Lipinski definition) is 2. The van der Waals surface area contributed by atoms with E-state index in [1.54, 1.807) is 31.3 Å². The van der Waals surface area contributed by atoms with Crippen molar-refractivity contribution in [1.82, 2.24) is 4.90 Å². The van der Waals surface area contributed by atoms with Crippen LogP contribution in [0.1, 0.15) is 22.8 Å². The number of alkyl halides is 1. The first-order chi connectivity index (χ1) is 17.3. The van der Waals surface area contributed by atoms with Crippen LogP contribution < -0.4 is 20.5 Å². The smallest absolute Gasteiger partial charge is 0.256 e. The molecule has 2 aromatic rings. The zero-order chi connectivity index (χ0) is 26.2. The molecule has 3 N–H and O–H groups in total. The van der Waals surface area contributed by atoms with Crippen LogP contribution in [-0.4, -0.2) is 56.6 Å². The highest BCUT2D eigenvalue weighted by Crippen LogP contribution is 2.32. The second-order valence-corrected chi connectivity index (χ2v) is 8.68. The topological polar surface area (TPSA) is 93.9 Å². The lowest BCUT2D eigenvalue weighted by Crippen LogP contribution is -2.52. The van der Waals surface area contributed by atoms with E-state index in [0.717, 1.165) is 6.07 Å². The molecule has 1 aliphatic heterocycles. The van der Waals surface area contributed by atoms with E-state index in [0.29, 0.717) is 53.6 Å². The van der Waals surface area contributed by atoms with Gasteiger partial charge in [-0.25, -0.2) is 8.78 Å². The van der Waals surface area contributed by atoms with Gasteiger partial charge < -0.3 is 25.4 Å². The van der Waals surface area contributed by atoms with E-state index in [4.69, 9.17) is 26.8 Å². The average molecular weight is 520 g/mol. The third kappa shape index (κ3) is 6.54. The Labute approximate surface area is 213 Å². The Morgan fingerprint density at radius 1 is 1.25 bits per heavy atom. The van der Waals surface area contributed by atoms with Crippen LogP contribution in [0.3, 0.4) is 0 Å². The molecule has 1 fully saturated rings. The molecule has 0 bridgehead atoms. The first-order valence-corrected chi connectivity index (χ1v) is 11.7. The Morgan fingerprint density at radius 2 is 2.00 bits per heavy atom. The predicted octanol–water partition coefficient (Wildman–Crippen LogP) is 4.46. The number of rotatable bonds is 11. The van der Waals surface area contributed by atoms with Gasteiger partial charge in [0.2, 0.25) is 0 Å². The first kappa shape index (κ1) is 27.0. The second kappa shape index (κ2) is 12.4. The molecule has 0 aromatic heterocycles. The molecule has 192 valence electrons. The number of halogens is 3. The standard InChI is InChI=1S/C26H28ClF2N3O4/c1-16(28)3-4-18(12-30)20-9-19(27)5-6-24(20)36-15-17-13-32(14-17)26(34)21-10-23(31-2)25(11-22(21)29)35-8-7-33/h3-7,9-12,16-17,31H,8,13-15,30H2,1-2H3/b4-3-,18-12+. The van der Waals surface area contributed by atoms with Gasteiger partial charge >= 0.3 is 0 Å². The highest BCUT2D eigenvalue weighted by atomic mass is 35.5. The molecular weight excluding hydrogens is 492 g/mol. The van der Waals surface area contributed by atoms with Crippen molar-refractivity contribution < 1.29 is 27.8 Å². The van der Waals surface area contributed by atoms with Gasteiger partial charge in [-0.05, 0) is 31.2 Å². The molecule has 2 aromatic carbocycles. The minimum absolute atomic E-state index is 0.0335. The van der Waals surface area contributed by atoms with Gasteiger partial charge in [0.25, 0.3) is 5.91 Å². The number of carbonyl (C=O) groups excluding carboxylic acids is 2. The summed E-state index contributed by atoms with van der Waals surface area (Å²) in [7, 11) is 1.61. The molecular formula is C26H28ClF2N3O4. The minimum atomic E-state index is -1.14. The van der Waals surface area contributed by atoms with Gasteiger partial charge in [-0.15, -0.1) is 0 Å². The lowest BCUT2D eigenvalue weighted by molar-refractivity contribution is -0.109. The van der Waals surface area contributed by atoms with Crippen LogP contribution in [0, 0.1) is 11.7 Å². The van der Waals surface area contributed by atoms with Gasteiger partial charge in [-0.2, -0.15) is 0 Å². The van der Waals surface area contributed by atoms with Crippen molar-refractivity contribution >= 4 is 35.1 Å². The summed E-state index contributed by atoms with van der Waals surface area (Å²) >= 11 is 6.14. The van der Waals surface area contributed by atoms with Crippen LogP contribution in [0.4, 0.5) is 14.5 Å². The fourth-order valence-electron chi connectivity index (χ4n) is 3.70. The van der Waals surface area contributed by atoms with Crippen molar-refractivity contribution in [2.24, 2.45) is 11.7 Å². The summed E-state index contributed by atoms with van der Waals surface area (Å²) in [6.07, 6.45) is 3.70. The molecule has 1 aliphatic rings. The van der Waals surface area contributed by atoms with E-state index in [-0.39, 0.29) is 23.8 Å². The number of hydrogen-bond acceptors (Lipinski definition) is 6. The maximum Gasteiger partial charge on any atom is 0.256 e. The number of anilines is 1. The van der Waals surface area contributed by atoms with E-state index in [1.165, 1.54) is 30.2 Å². The molecule has 1 unspecified atom stereocenters. The molecule has 1 atom stereocenters. The van der Waals surface area contributed by atoms with Gasteiger partial charge in [0, 0.05) is 54.5 Å². The Kier molecular flexibility index (Phi) is 9.30. The van der Waals surface area contributed by atoms with E-state index in [1.807, 2.05) is 0 Å². The quantitative estimate of drug-likeness (QED) is 0.336. The van der Waals surface area contributed by atoms with E-state index in [9.17, 15) is 18.4 Å². The Bertz CT molecular complexity index is 1160. The van der Waals surface area contributed by atoms with Crippen molar-refractivity contribution in [3.8, 4) is 11.5 Å². The molecule has 0 saturated carbocycles. The Balaban J connectivity index is 1.64. The second-order valence-electron chi connectivity index (χ2n) is 8.24. The first-order valence-electron chi connectivity index (χ1n) is 11.3. The lowest BCUT2D eigenvalue weighted by Gasteiger charge is -2.39. The largest absolute Gasteiger partial charge is 0.493 e. The average Bonchev–Trinajstić information content (AvgIpc) is 2.82. The van der Waals surface area contributed by atoms with Gasteiger partial charge in [0.05, 0.1) is 17.9 Å². The van der Waals surface area contributed by atoms with Gasteiger partial charge in [-0.3, -0.25) is 9.59 Å². The number of nitrogens with zero attached hydrogens (tertiary/aromatic N) is 1. The number of nitrogens with two attached hydrogens (primary N) is 1. The molecule has 7 nitrogen and oxygen atoms in total. The van der Waals surface area contributed by atoms with E-state index >= 15 is 0 Å². The minimum Gasteiger partial charge on any atom is -0.493 e. The maximum atomic E-state index is 14.6. The monoisotopic (exact) mass is 519 g/mol. The summed E-state index contributed by atoms with van der Waals surface area (Å²) in [5.74, 6) is -0.483. The molecule has 0 spiro atoms. The van der Waals surface area contributed by atoms with Crippen LogP contribution in [0.25, 0.3) is 5.57 Å². The lowest BCUT2D eigenvalue weighted by atomic mass is 9.99. The van der Waals surface area contributed by atoms with Crippen molar-refractivity contribution in [3.63, 3.8) is 0 Å². The zero-order valence-corrected chi connectivity index (χ0v) is 20.7. The number of carbonyl (C=O) groups is 2. The number of allylic oxidation sites excluding steroid dienone is 3. The number of likely N-dealkylation sites (tertiary alicyclic amines) is 1. The normalized spacial score (nSPS) is 14.9. The summed E-state index contributed by atoms with van der Waals surface area (Å²) in [6, 6.07) is 7.53. The molecule has 1 heterocycles. The predicted molar refractivity (Wildman–Crippen MR) is 136 cm³/mol. The number of aldehydes is 1. The molecule has 1 saturated heterocycles. The van der Waals surface area contributed by atoms with E-state index in [2.05, 4.69) is 5.32 Å². The third-order valence-electron chi connectivity index (χ3n) is 5.57. The van der Waals surface area contributed by atoms with Gasteiger partial charge in [0.15, 0.2) is 6.29 Å². The maximum absolute atomic E-state index is 14.6. The number of nitrogens with one attached hydrogen (secondary N) is 1. The van der Waals surface area contributed by atoms with Crippen molar-refractivity contribution in [3.05, 3.63) is 70.7 Å². The van der Waals surface area contributed by atoms with Crippen molar-refractivity contribution in [2.45, 2.75) is 13.1 Å². The Morgan fingerprint density at radius 3 is 2.64 bits per heavy atom. The number of benzene rings is 2. The highest BCUT2D eigenvalue weighted by Gasteiger charge is 2.33. The highest BCUT2D eigenvalue weighted by molar-refractivity contribution is 6.30. The molecule has 10 heteroatoms. The number of amides is 1. The molecule has 36 heavy (non-hydrogen) atoms. The molecule has 0 radical (unpaired) electrons. The summed E-state index contributed by atoms with van der Waals surface area (Å²) in [6.45, 7) is 2.27. The molecule has 3 rings (SSSR count). The summed E-state index contributed by atoms with van der Waals surface area (Å²) in [5.41, 5.74) is 7.22. The fourth-order valence-corrected chi connectivity index (χ4v) is 3.87. The molecule has 0 aliphatic carbocycles. The van der Waals surface area contributed by atoms with Crippen LogP contribution in [0.2, 0.25) is 5.02 Å². The van der Waals surface area contributed by atoms with Crippen molar-refractivity contribution in [1.29, 1.82) is 0 Å². The third-order valence-corrected chi connectivity index (χ3v) is 5.80. The van der Waals surface area contributed by atoms with Crippen LogP contribution in [0.5, 0.6) is 11.5 Å². The van der Waals surface area contributed by atoms with Crippen molar-refractivity contribution in [2.75, 3.05) is 38.7 Å². The van der Waals surface area contributed by atoms with E-state index < -0.39 is 17.9 Å². The summed E-state index contributed by atoms with van der Waals surface area (Å²) in [5, 5.41) is 3.32. The zero-order valence-electron chi connectivity index (χ0n) is 20.0. The van der Waals surface area contributed by atoms with Crippen LogP contribution in [0.15, 0.2) is 48.7 Å². The van der Waals surface area contributed by atoms with Gasteiger partial charge in [-0.1, -0.05) is 23.8 Å². The Hall–Kier alpha value is -3.59. The summed E-state index contributed by atoms with van der Waals surface area (Å²) in [4.78, 5) is 24.9. The summed E-state index contributed by atoms with van der Waals surface area (Å²) < 4.78 is 39.1. The number of ether oxygens (including phenoxy) is 2.